The lowest BCUT2D eigenvalue weighted by atomic mass is 10.2. The molecule has 8 rings (SSSR count). The summed E-state index contributed by atoms with van der Waals surface area (Å²) < 4.78 is 45.8. The number of fused-ring (bicyclic) bond motifs is 4. The molecule has 4 aromatic heterocycles. The first kappa shape index (κ1) is 104. The average molecular weight is 1690 g/mol. The fraction of sp³-hybridized carbons (Fsp3) is 0.773. The second kappa shape index (κ2) is 59.4. The zero-order valence-electron chi connectivity index (χ0n) is 76.9. The molecule has 0 spiro atoms. The van der Waals surface area contributed by atoms with E-state index in [9.17, 15) is 0 Å². The lowest BCUT2D eigenvalue weighted by Crippen LogP contribution is -2.44. The summed E-state index contributed by atoms with van der Waals surface area (Å²) in [6.07, 6.45) is 10.3. The number of pyridine rings is 4. The molecule has 0 radical (unpaired) electrons. The molecular weight excluding hydrogens is 1530 g/mol. The summed E-state index contributed by atoms with van der Waals surface area (Å²) in [5, 5.41) is 35.1. The Morgan fingerprint density at radius 2 is 0.450 bits per heavy atom. The average Bonchev–Trinajstić information content (AvgIpc) is 0.815. The normalized spacial score (nSPS) is 14.3. The number of nitrogen functional groups attached to an aromatic ring is 4. The lowest BCUT2D eigenvalue weighted by Gasteiger charge is -2.38. The van der Waals surface area contributed by atoms with Gasteiger partial charge in [0, 0.05) is 219 Å². The smallest absolute Gasteiger partial charge is 0.152 e. The highest BCUT2D eigenvalue weighted by Crippen LogP contribution is 2.36. The first-order chi connectivity index (χ1) is 57.7. The summed E-state index contributed by atoms with van der Waals surface area (Å²) in [7, 11) is 0. The number of hydrogen-bond donors (Lipinski definition) is 8. The van der Waals surface area contributed by atoms with E-state index in [2.05, 4.69) is 190 Å². The van der Waals surface area contributed by atoms with Crippen LogP contribution in [0.15, 0.2) is 49.1 Å². The van der Waals surface area contributed by atoms with E-state index in [-0.39, 0.29) is 26.4 Å². The largest absolute Gasteiger partial charge is 0.397 e. The quantitative estimate of drug-likeness (QED) is 0.0201. The van der Waals surface area contributed by atoms with E-state index in [0.717, 1.165) is 216 Å². The summed E-state index contributed by atoms with van der Waals surface area (Å²) in [5.41, 5.74) is 30.9. The Balaban J connectivity index is 0.000000290. The van der Waals surface area contributed by atoms with Gasteiger partial charge in [0.1, 0.15) is 0 Å². The Bertz CT molecular complexity index is 3270. The van der Waals surface area contributed by atoms with Gasteiger partial charge in [-0.1, -0.05) is 0 Å². The summed E-state index contributed by atoms with van der Waals surface area (Å²) in [6.45, 7) is 64.0. The predicted octanol–water partition coefficient (Wildman–Crippen LogP) is 7.30. The second-order valence-corrected chi connectivity index (χ2v) is 33.3. The van der Waals surface area contributed by atoms with Crippen LogP contribution in [-0.2, 0) is 37.9 Å². The van der Waals surface area contributed by atoms with E-state index in [4.69, 9.17) is 81.3 Å². The van der Waals surface area contributed by atoms with Crippen molar-refractivity contribution >= 4 is 68.8 Å². The van der Waals surface area contributed by atoms with Crippen molar-refractivity contribution < 1.29 is 58.3 Å². The highest BCUT2D eigenvalue weighted by molar-refractivity contribution is 5.76. The molecule has 8 heterocycles. The van der Waals surface area contributed by atoms with Crippen molar-refractivity contribution in [1.82, 2.24) is 39.5 Å². The van der Waals surface area contributed by atoms with E-state index in [1.165, 1.54) is 0 Å². The Morgan fingerprint density at radius 3 is 0.667 bits per heavy atom. The number of anilines is 12. The standard InChI is InChI=1S/C29H56N6O2.C27H52N6O2.C17H30N4O4.C15H26N4O4/c1-23(2)34(24(3)4)11-9-17-36-19-15-32-13-14-33(29-28(32)21-27(30)22-31-29)16-20-37-18-10-12-35(25(5)6)26(7)8;1-21(2)32(22(3)4)13-17-34-15-11-30-9-10-31(27-26(30)19-25(28)20-29-27)12-16-35-18-14-33(23(5)6)24(7)8;18-15-13-16-17(19-14-15)21(6-12-25-10-2-8-23)4-3-20(16)5-11-24-9-1-7-22;16-13-11-14-15(17-12-13)19(4-8-23-10-6-21)2-1-18(14)3-7-22-9-5-20/h21-26H,9-20,30H2,1-8H3;19-24H,9-18,28H2,1-8H3;13-14,22-23H,1-12,18H2;11-12,20-21H,1-10,16H2. The maximum Gasteiger partial charge on any atom is 0.152 e. The van der Waals surface area contributed by atoms with Gasteiger partial charge >= 0.3 is 0 Å². The van der Waals surface area contributed by atoms with Crippen LogP contribution in [0.3, 0.4) is 0 Å². The third-order valence-corrected chi connectivity index (χ3v) is 21.7. The van der Waals surface area contributed by atoms with Crippen LogP contribution >= 0.6 is 0 Å². The number of nitrogens with two attached hydrogens (primary N) is 4. The highest BCUT2D eigenvalue weighted by atomic mass is 16.5. The molecule has 0 amide bonds. The Hall–Kier alpha value is -6.44. The molecule has 0 aliphatic carbocycles. The lowest BCUT2D eigenvalue weighted by molar-refractivity contribution is 0.0807. The fourth-order valence-corrected chi connectivity index (χ4v) is 15.6. The second-order valence-electron chi connectivity index (χ2n) is 33.3. The van der Waals surface area contributed by atoms with Crippen molar-refractivity contribution in [2.24, 2.45) is 0 Å². The third kappa shape index (κ3) is 37.9. The van der Waals surface area contributed by atoms with Gasteiger partial charge in [-0.3, -0.25) is 19.6 Å². The van der Waals surface area contributed by atoms with Crippen LogP contribution in [0.1, 0.15) is 136 Å². The molecule has 4 aliphatic rings. The molecule has 12 N–H and O–H groups in total. The molecule has 32 nitrogen and oxygen atoms in total. The minimum Gasteiger partial charge on any atom is -0.397 e. The first-order valence-corrected chi connectivity index (χ1v) is 44.8. The van der Waals surface area contributed by atoms with E-state index in [1.807, 2.05) is 24.3 Å². The van der Waals surface area contributed by atoms with Crippen molar-refractivity contribution in [3.8, 4) is 0 Å². The van der Waals surface area contributed by atoms with Crippen molar-refractivity contribution in [3.05, 3.63) is 49.1 Å². The van der Waals surface area contributed by atoms with Gasteiger partial charge in [0.25, 0.3) is 0 Å². The maximum absolute atomic E-state index is 8.78. The van der Waals surface area contributed by atoms with E-state index < -0.39 is 0 Å². The van der Waals surface area contributed by atoms with E-state index in [0.29, 0.717) is 163 Å². The van der Waals surface area contributed by atoms with Gasteiger partial charge in [-0.25, -0.2) is 19.9 Å². The number of ether oxygens (including phenoxy) is 8. The molecular formula is C88H164N20O12. The van der Waals surface area contributed by atoms with Crippen LogP contribution in [0.4, 0.5) is 68.8 Å². The molecule has 120 heavy (non-hydrogen) atoms. The predicted molar refractivity (Wildman–Crippen MR) is 494 cm³/mol. The Labute approximate surface area is 722 Å². The zero-order valence-corrected chi connectivity index (χ0v) is 76.9. The van der Waals surface area contributed by atoms with Crippen LogP contribution in [0, 0.1) is 0 Å². The van der Waals surface area contributed by atoms with Gasteiger partial charge in [-0.15, -0.1) is 0 Å². The molecule has 0 aromatic carbocycles. The summed E-state index contributed by atoms with van der Waals surface area (Å²) >= 11 is 0. The summed E-state index contributed by atoms with van der Waals surface area (Å²) in [5.74, 6) is 3.80. The molecule has 0 fully saturated rings. The molecule has 0 bridgehead atoms. The number of aromatic nitrogens is 4. The van der Waals surface area contributed by atoms with Crippen LogP contribution in [0.2, 0.25) is 0 Å². The van der Waals surface area contributed by atoms with Crippen molar-refractivity contribution in [3.63, 3.8) is 0 Å². The SMILES string of the molecule is CC(C)N(CCCOCCN1CCN(CCOCCCN(C(C)C)C(C)C)c2ncc(N)cc21)C(C)C.CC(C)N(CCOCCN1CCN(CCOCCN(C(C)C)C(C)C)c2ncc(N)cc21)C(C)C.Nc1cnc2c(c1)N(CCOCCCO)CCN2CCOCCCO.Nc1cnc2c(c1)N(CCOCCO)CCN2CCOCCO. The maximum atomic E-state index is 8.78. The number of nitrogens with zero attached hydrogens (tertiary/aromatic N) is 16. The summed E-state index contributed by atoms with van der Waals surface area (Å²) in [6, 6.07) is 12.3. The fourth-order valence-electron chi connectivity index (χ4n) is 15.6. The van der Waals surface area contributed by atoms with Crippen LogP contribution in [0.5, 0.6) is 0 Å². The Morgan fingerprint density at radius 1 is 0.258 bits per heavy atom. The molecule has 0 saturated carbocycles. The van der Waals surface area contributed by atoms with Crippen molar-refractivity contribution in [2.45, 2.75) is 185 Å². The molecule has 0 unspecified atom stereocenters. The number of rotatable bonds is 56. The minimum absolute atomic E-state index is 0.0344. The van der Waals surface area contributed by atoms with Crippen LogP contribution in [-0.4, -0.2) is 371 Å². The highest BCUT2D eigenvalue weighted by Gasteiger charge is 2.30. The van der Waals surface area contributed by atoms with Gasteiger partial charge in [0.15, 0.2) is 23.3 Å². The zero-order chi connectivity index (χ0) is 87.7. The van der Waals surface area contributed by atoms with Gasteiger partial charge in [-0.05, 0) is 161 Å². The van der Waals surface area contributed by atoms with Crippen LogP contribution < -0.4 is 62.1 Å². The number of aliphatic hydroxyl groups is 4. The Kier molecular flexibility index (Phi) is 51.5. The molecule has 0 atom stereocenters. The summed E-state index contributed by atoms with van der Waals surface area (Å²) in [4.78, 5) is 46.5. The monoisotopic (exact) mass is 1690 g/mol. The van der Waals surface area contributed by atoms with Gasteiger partial charge in [-0.2, -0.15) is 0 Å². The number of aliphatic hydroxyl groups excluding tert-OH is 4. The first-order valence-electron chi connectivity index (χ1n) is 44.8. The minimum atomic E-state index is 0.0344. The van der Waals surface area contributed by atoms with Crippen molar-refractivity contribution in [1.29, 1.82) is 0 Å². The molecule has 0 saturated heterocycles. The molecule has 4 aromatic rings. The number of hydrogen-bond acceptors (Lipinski definition) is 32. The van der Waals surface area contributed by atoms with Gasteiger partial charge < -0.3 is 120 Å². The molecule has 4 aliphatic heterocycles. The van der Waals surface area contributed by atoms with E-state index in [1.54, 1.807) is 24.8 Å². The topological polar surface area (TPSA) is 349 Å². The van der Waals surface area contributed by atoms with Gasteiger partial charge in [0.2, 0.25) is 0 Å². The van der Waals surface area contributed by atoms with Crippen molar-refractivity contribution in [2.75, 3.05) is 325 Å². The van der Waals surface area contributed by atoms with E-state index >= 15 is 0 Å². The van der Waals surface area contributed by atoms with Gasteiger partial charge in [0.05, 0.1) is 163 Å². The third-order valence-electron chi connectivity index (χ3n) is 21.7. The molecule has 32 heteroatoms. The molecule has 688 valence electrons. The van der Waals surface area contributed by atoms with Crippen LogP contribution in [0.25, 0.3) is 0 Å².